The quantitative estimate of drug-likeness (QED) is 0.378. The molecule has 4 aromatic rings. The molecule has 8 nitrogen and oxygen atoms in total. The lowest BCUT2D eigenvalue weighted by Crippen LogP contribution is -2.29. The van der Waals surface area contributed by atoms with E-state index in [9.17, 15) is 4.79 Å². The minimum Gasteiger partial charge on any atom is -0.497 e. The van der Waals surface area contributed by atoms with Crippen molar-refractivity contribution in [2.75, 3.05) is 20.8 Å². The molecule has 33 heavy (non-hydrogen) atoms. The summed E-state index contributed by atoms with van der Waals surface area (Å²) in [5.41, 5.74) is 3.29. The van der Waals surface area contributed by atoms with Crippen molar-refractivity contribution < 1.29 is 18.8 Å². The number of rotatable bonds is 10. The third kappa shape index (κ3) is 5.23. The van der Waals surface area contributed by atoms with Gasteiger partial charge in [0, 0.05) is 49.5 Å². The third-order valence-corrected chi connectivity index (χ3v) is 5.79. The van der Waals surface area contributed by atoms with Gasteiger partial charge in [0.25, 0.3) is 0 Å². The summed E-state index contributed by atoms with van der Waals surface area (Å²) in [5.74, 6) is 1.60. The Kier molecular flexibility index (Phi) is 7.04. The van der Waals surface area contributed by atoms with E-state index in [4.69, 9.17) is 14.0 Å². The molecule has 0 fully saturated rings. The topological polar surface area (TPSA) is 102 Å². The molecule has 0 saturated heterocycles. The van der Waals surface area contributed by atoms with Crippen molar-refractivity contribution in [2.24, 2.45) is 0 Å². The summed E-state index contributed by atoms with van der Waals surface area (Å²) >= 11 is 0. The fourth-order valence-electron chi connectivity index (χ4n) is 3.79. The van der Waals surface area contributed by atoms with E-state index >= 15 is 0 Å². The van der Waals surface area contributed by atoms with Crippen LogP contribution in [0.4, 0.5) is 0 Å². The van der Waals surface area contributed by atoms with Gasteiger partial charge in [-0.25, -0.2) is 0 Å². The Labute approximate surface area is 192 Å². The molecule has 172 valence electrons. The second-order valence-corrected chi connectivity index (χ2v) is 7.84. The van der Waals surface area contributed by atoms with Crippen LogP contribution in [0.3, 0.4) is 0 Å². The molecule has 1 amide bonds. The van der Waals surface area contributed by atoms with Crippen LogP contribution in [0.2, 0.25) is 0 Å². The van der Waals surface area contributed by atoms with Crippen LogP contribution >= 0.6 is 0 Å². The lowest BCUT2D eigenvalue weighted by molar-refractivity contribution is -0.121. The number of ether oxygens (including phenoxy) is 2. The number of carbonyl (C=O) groups is 1. The zero-order valence-electron chi connectivity index (χ0n) is 19.0. The highest BCUT2D eigenvalue weighted by molar-refractivity contribution is 5.84. The van der Waals surface area contributed by atoms with Gasteiger partial charge in [0.05, 0.1) is 7.11 Å². The molecule has 0 spiro atoms. The van der Waals surface area contributed by atoms with E-state index in [0.29, 0.717) is 24.7 Å². The molecule has 0 aliphatic carbocycles. The highest BCUT2D eigenvalue weighted by Gasteiger charge is 2.20. The van der Waals surface area contributed by atoms with Gasteiger partial charge in [-0.15, -0.1) is 0 Å². The average molecular weight is 449 g/mol. The number of aryl methyl sites for hydroxylation is 1. The lowest BCUT2D eigenvalue weighted by atomic mass is 9.90. The number of nitrogens with one attached hydrogen (secondary N) is 2. The van der Waals surface area contributed by atoms with Gasteiger partial charge in [0.15, 0.2) is 5.82 Å². The maximum atomic E-state index is 12.6. The Morgan fingerprint density at radius 2 is 1.94 bits per heavy atom. The van der Waals surface area contributed by atoms with Crippen LogP contribution in [0.15, 0.2) is 59.3 Å². The van der Waals surface area contributed by atoms with E-state index in [2.05, 4.69) is 26.5 Å². The largest absolute Gasteiger partial charge is 0.497 e. The molecule has 2 heterocycles. The molecule has 2 unspecified atom stereocenters. The summed E-state index contributed by atoms with van der Waals surface area (Å²) in [4.78, 5) is 20.3. The molecule has 2 atom stereocenters. The summed E-state index contributed by atoms with van der Waals surface area (Å²) in [6.45, 7) is 2.30. The first kappa shape index (κ1) is 22.5. The zero-order chi connectivity index (χ0) is 23.2. The first-order chi connectivity index (χ1) is 16.1. The molecule has 0 saturated carbocycles. The van der Waals surface area contributed by atoms with Crippen molar-refractivity contribution in [1.82, 2.24) is 20.4 Å². The number of carbonyl (C=O) groups excluding carboxylic acids is 1. The van der Waals surface area contributed by atoms with Gasteiger partial charge in [-0.05, 0) is 36.2 Å². The van der Waals surface area contributed by atoms with Gasteiger partial charge >= 0.3 is 0 Å². The van der Waals surface area contributed by atoms with Gasteiger partial charge < -0.3 is 24.3 Å². The van der Waals surface area contributed by atoms with Gasteiger partial charge in [0.1, 0.15) is 11.9 Å². The minimum absolute atomic E-state index is 0.0198. The number of para-hydroxylation sites is 1. The normalized spacial score (nSPS) is 13.1. The van der Waals surface area contributed by atoms with Crippen LogP contribution in [-0.4, -0.2) is 41.8 Å². The number of aromatic amines is 1. The van der Waals surface area contributed by atoms with Crippen molar-refractivity contribution >= 4 is 16.8 Å². The van der Waals surface area contributed by atoms with E-state index in [1.54, 1.807) is 14.2 Å². The third-order valence-electron chi connectivity index (χ3n) is 5.79. The van der Waals surface area contributed by atoms with Crippen molar-refractivity contribution in [1.29, 1.82) is 0 Å². The summed E-state index contributed by atoms with van der Waals surface area (Å²) in [6, 6.07) is 16.1. The van der Waals surface area contributed by atoms with Crippen molar-refractivity contribution in [3.8, 4) is 5.75 Å². The fourth-order valence-corrected chi connectivity index (χ4v) is 3.79. The molecule has 0 aliphatic rings. The number of H-pyrrole nitrogens is 1. The molecule has 2 aromatic carbocycles. The predicted octanol–water partition coefficient (Wildman–Crippen LogP) is 4.15. The standard InChI is InChI=1S/C25H28N4O4/c1-16(31-2)25-28-24(33-29-25)13-12-23(30)27-14-20(17-8-10-18(32-3)11-9-17)21-15-26-22-7-5-4-6-19(21)22/h4-11,15-16,20,26H,12-14H2,1-3H3,(H,27,30). The Morgan fingerprint density at radius 3 is 2.70 bits per heavy atom. The molecule has 4 rings (SSSR count). The van der Waals surface area contributed by atoms with Crippen LogP contribution in [0.25, 0.3) is 10.9 Å². The van der Waals surface area contributed by atoms with Gasteiger partial charge in [0.2, 0.25) is 11.8 Å². The number of aromatic nitrogens is 3. The first-order valence-electron chi connectivity index (χ1n) is 10.9. The highest BCUT2D eigenvalue weighted by Crippen LogP contribution is 2.31. The second kappa shape index (κ2) is 10.3. The Morgan fingerprint density at radius 1 is 1.15 bits per heavy atom. The van der Waals surface area contributed by atoms with Crippen LogP contribution < -0.4 is 10.1 Å². The summed E-state index contributed by atoms with van der Waals surface area (Å²) < 4.78 is 15.7. The number of hydrogen-bond acceptors (Lipinski definition) is 6. The monoisotopic (exact) mass is 448 g/mol. The van der Waals surface area contributed by atoms with Crippen molar-refractivity contribution in [3.05, 3.63) is 77.6 Å². The average Bonchev–Trinajstić information content (AvgIpc) is 3.50. The van der Waals surface area contributed by atoms with Crippen LogP contribution in [0.5, 0.6) is 5.75 Å². The van der Waals surface area contributed by atoms with Crippen molar-refractivity contribution in [2.45, 2.75) is 31.8 Å². The highest BCUT2D eigenvalue weighted by atomic mass is 16.5. The van der Waals surface area contributed by atoms with E-state index in [-0.39, 0.29) is 24.3 Å². The Bertz CT molecular complexity index is 1200. The van der Waals surface area contributed by atoms with Crippen molar-refractivity contribution in [3.63, 3.8) is 0 Å². The Balaban J connectivity index is 1.46. The molecule has 8 heteroatoms. The number of methoxy groups -OCH3 is 2. The van der Waals surface area contributed by atoms with E-state index < -0.39 is 0 Å². The first-order valence-corrected chi connectivity index (χ1v) is 10.9. The zero-order valence-corrected chi connectivity index (χ0v) is 19.0. The lowest BCUT2D eigenvalue weighted by Gasteiger charge is -2.18. The molecule has 2 aromatic heterocycles. The Hall–Kier alpha value is -3.65. The van der Waals surface area contributed by atoms with E-state index in [1.165, 1.54) is 0 Å². The van der Waals surface area contributed by atoms with Gasteiger partial charge in [-0.3, -0.25) is 4.79 Å². The molecular weight excluding hydrogens is 420 g/mol. The van der Waals surface area contributed by atoms with E-state index in [0.717, 1.165) is 27.8 Å². The number of hydrogen-bond donors (Lipinski definition) is 2. The molecule has 2 N–H and O–H groups in total. The smallest absolute Gasteiger partial charge is 0.227 e. The number of amides is 1. The number of nitrogens with zero attached hydrogens (tertiary/aromatic N) is 2. The summed E-state index contributed by atoms with van der Waals surface area (Å²) in [6.07, 6.45) is 2.39. The van der Waals surface area contributed by atoms with E-state index in [1.807, 2.05) is 55.6 Å². The second-order valence-electron chi connectivity index (χ2n) is 7.84. The van der Waals surface area contributed by atoms with Crippen LogP contribution in [-0.2, 0) is 16.0 Å². The summed E-state index contributed by atoms with van der Waals surface area (Å²) in [5, 5.41) is 8.11. The minimum atomic E-state index is -0.252. The summed E-state index contributed by atoms with van der Waals surface area (Å²) in [7, 11) is 3.23. The maximum Gasteiger partial charge on any atom is 0.227 e. The number of benzene rings is 2. The maximum absolute atomic E-state index is 12.6. The number of fused-ring (bicyclic) bond motifs is 1. The molecule has 0 bridgehead atoms. The van der Waals surface area contributed by atoms with Gasteiger partial charge in [-0.1, -0.05) is 35.5 Å². The van der Waals surface area contributed by atoms with Crippen LogP contribution in [0, 0.1) is 0 Å². The molecule has 0 aliphatic heterocycles. The molecular formula is C25H28N4O4. The van der Waals surface area contributed by atoms with Crippen LogP contribution in [0.1, 0.15) is 48.2 Å². The fraction of sp³-hybridized carbons (Fsp3) is 0.320. The predicted molar refractivity (Wildman–Crippen MR) is 124 cm³/mol. The molecule has 0 radical (unpaired) electrons. The SMILES string of the molecule is COc1ccc(C(CNC(=O)CCc2nc(C(C)OC)no2)c2c[nH]c3ccccc23)cc1. The van der Waals surface area contributed by atoms with Gasteiger partial charge in [-0.2, -0.15) is 4.98 Å².